The topological polar surface area (TPSA) is 167 Å². The van der Waals surface area contributed by atoms with Gasteiger partial charge in [0.2, 0.25) is 0 Å². The van der Waals surface area contributed by atoms with E-state index in [0.29, 0.717) is 31.0 Å². The van der Waals surface area contributed by atoms with Crippen LogP contribution in [0.4, 0.5) is 10.5 Å². The highest BCUT2D eigenvalue weighted by Gasteiger charge is 2.32. The molecule has 0 aromatic heterocycles. The standard InChI is InChI=1S/C27H34N8O3S/c28-26(29)32-12-1-11-30-15-18-2-6-21(7-3-18)35-17-20-14-24(33-25(20)34-27(35)36)19-4-8-22(9-5-19)39(37,38)23-10-13-31-16-23/h2-9,14,17,23,25,30-31,33H,1,10-13,15-16H2,(H,34,36)(H4,28,29,32). The first kappa shape index (κ1) is 26.7. The van der Waals surface area contributed by atoms with Gasteiger partial charge in [-0.05, 0) is 67.4 Å². The molecule has 2 aromatic carbocycles. The normalized spacial score (nSPS) is 20.5. The third-order valence-corrected chi connectivity index (χ3v) is 9.22. The number of benzene rings is 2. The third kappa shape index (κ3) is 6.08. The van der Waals surface area contributed by atoms with E-state index in [4.69, 9.17) is 11.5 Å². The Bertz CT molecular complexity index is 1390. The molecular formula is C27H34N8O3S. The molecule has 12 heteroatoms. The van der Waals surface area contributed by atoms with Crippen LogP contribution in [0.3, 0.4) is 0 Å². The molecule has 3 heterocycles. The summed E-state index contributed by atoms with van der Waals surface area (Å²) in [5.74, 6) is 0.105. The maximum absolute atomic E-state index is 12.9. The van der Waals surface area contributed by atoms with Crippen molar-refractivity contribution in [3.05, 3.63) is 77.5 Å². The average Bonchev–Trinajstić information content (AvgIpc) is 3.61. The zero-order chi connectivity index (χ0) is 27.4. The molecule has 2 amide bonds. The second-order valence-electron chi connectivity index (χ2n) is 9.77. The van der Waals surface area contributed by atoms with Crippen molar-refractivity contribution in [3.8, 4) is 0 Å². The lowest BCUT2D eigenvalue weighted by Crippen LogP contribution is -2.51. The van der Waals surface area contributed by atoms with Crippen LogP contribution in [0.2, 0.25) is 0 Å². The van der Waals surface area contributed by atoms with Crippen molar-refractivity contribution < 1.29 is 13.2 Å². The number of carbonyl (C=O) groups is 1. The minimum Gasteiger partial charge on any atom is -0.370 e. The van der Waals surface area contributed by atoms with Gasteiger partial charge in [-0.3, -0.25) is 9.89 Å². The van der Waals surface area contributed by atoms with Crippen LogP contribution in [-0.2, 0) is 16.4 Å². The zero-order valence-electron chi connectivity index (χ0n) is 21.6. The van der Waals surface area contributed by atoms with E-state index in [0.717, 1.165) is 47.6 Å². The summed E-state index contributed by atoms with van der Waals surface area (Å²) < 4.78 is 25.7. The van der Waals surface area contributed by atoms with Crippen LogP contribution in [0.15, 0.2) is 76.3 Å². The highest BCUT2D eigenvalue weighted by Crippen LogP contribution is 2.29. The van der Waals surface area contributed by atoms with E-state index < -0.39 is 9.84 Å². The fourth-order valence-electron chi connectivity index (χ4n) is 4.85. The maximum atomic E-state index is 12.9. The van der Waals surface area contributed by atoms with Crippen LogP contribution in [0.25, 0.3) is 5.70 Å². The number of anilines is 1. The van der Waals surface area contributed by atoms with Gasteiger partial charge in [-0.15, -0.1) is 0 Å². The molecule has 0 aliphatic carbocycles. The molecule has 2 atom stereocenters. The fraction of sp³-hybridized carbons (Fsp3) is 0.333. The molecule has 206 valence electrons. The Morgan fingerprint density at radius 2 is 1.85 bits per heavy atom. The Morgan fingerprint density at radius 3 is 2.54 bits per heavy atom. The van der Waals surface area contributed by atoms with Crippen molar-refractivity contribution >= 4 is 33.2 Å². The van der Waals surface area contributed by atoms with Gasteiger partial charge in [0.25, 0.3) is 0 Å². The van der Waals surface area contributed by atoms with Crippen LogP contribution in [0.1, 0.15) is 24.0 Å². The Kier molecular flexibility index (Phi) is 7.87. The lowest BCUT2D eigenvalue weighted by molar-refractivity contribution is 0.244. The second kappa shape index (κ2) is 11.5. The molecule has 39 heavy (non-hydrogen) atoms. The molecule has 0 bridgehead atoms. The largest absolute Gasteiger partial charge is 0.370 e. The van der Waals surface area contributed by atoms with Gasteiger partial charge in [0.05, 0.1) is 15.8 Å². The molecule has 5 rings (SSSR count). The van der Waals surface area contributed by atoms with Crippen molar-refractivity contribution in [3.63, 3.8) is 0 Å². The minimum absolute atomic E-state index is 0.105. The van der Waals surface area contributed by atoms with Crippen LogP contribution >= 0.6 is 0 Å². The molecular weight excluding hydrogens is 516 g/mol. The van der Waals surface area contributed by atoms with Gasteiger partial charge in [-0.2, -0.15) is 0 Å². The molecule has 1 fully saturated rings. The van der Waals surface area contributed by atoms with Crippen LogP contribution < -0.4 is 37.6 Å². The summed E-state index contributed by atoms with van der Waals surface area (Å²) >= 11 is 0. The Labute approximate surface area is 228 Å². The highest BCUT2D eigenvalue weighted by molar-refractivity contribution is 7.92. The van der Waals surface area contributed by atoms with Crippen molar-refractivity contribution in [2.45, 2.75) is 35.7 Å². The van der Waals surface area contributed by atoms with Gasteiger partial charge in [0, 0.05) is 37.1 Å². The third-order valence-electron chi connectivity index (χ3n) is 7.01. The Hall–Kier alpha value is -3.87. The van der Waals surface area contributed by atoms with Crippen LogP contribution in [0.5, 0.6) is 0 Å². The van der Waals surface area contributed by atoms with Crippen LogP contribution in [-0.4, -0.2) is 58.0 Å². The van der Waals surface area contributed by atoms with E-state index in [1.807, 2.05) is 36.5 Å². The summed E-state index contributed by atoms with van der Waals surface area (Å²) in [7, 11) is -3.35. The summed E-state index contributed by atoms with van der Waals surface area (Å²) in [5, 5.41) is 12.4. The van der Waals surface area contributed by atoms with Gasteiger partial charge >= 0.3 is 6.03 Å². The predicted molar refractivity (Wildman–Crippen MR) is 152 cm³/mol. The number of amides is 2. The summed E-state index contributed by atoms with van der Waals surface area (Å²) in [6.45, 7) is 3.29. The second-order valence-corrected chi connectivity index (χ2v) is 12.0. The van der Waals surface area contributed by atoms with E-state index >= 15 is 0 Å². The Morgan fingerprint density at radius 1 is 1.08 bits per heavy atom. The van der Waals surface area contributed by atoms with E-state index in [2.05, 4.69) is 26.3 Å². The monoisotopic (exact) mass is 550 g/mol. The number of nitrogens with zero attached hydrogens (tertiary/aromatic N) is 2. The molecule has 1 saturated heterocycles. The first-order valence-electron chi connectivity index (χ1n) is 13.0. The summed E-state index contributed by atoms with van der Waals surface area (Å²) in [6.07, 6.45) is 4.92. The van der Waals surface area contributed by atoms with Gasteiger partial charge in [-0.25, -0.2) is 13.2 Å². The molecule has 2 aromatic rings. The number of aliphatic imine (C=N–C) groups is 1. The van der Waals surface area contributed by atoms with Crippen molar-refractivity contribution in [1.29, 1.82) is 0 Å². The number of hydrogen-bond acceptors (Lipinski definition) is 7. The average molecular weight is 551 g/mol. The van der Waals surface area contributed by atoms with Crippen molar-refractivity contribution in [1.82, 2.24) is 21.3 Å². The first-order valence-corrected chi connectivity index (χ1v) is 14.6. The molecule has 11 nitrogen and oxygen atoms in total. The van der Waals surface area contributed by atoms with Crippen molar-refractivity contribution in [2.24, 2.45) is 16.5 Å². The maximum Gasteiger partial charge on any atom is 0.327 e. The molecule has 8 N–H and O–H groups in total. The number of guanidine groups is 1. The van der Waals surface area contributed by atoms with Gasteiger partial charge < -0.3 is 32.7 Å². The predicted octanol–water partition coefficient (Wildman–Crippen LogP) is 0.959. The summed E-state index contributed by atoms with van der Waals surface area (Å²) in [5.41, 5.74) is 15.1. The smallest absolute Gasteiger partial charge is 0.327 e. The van der Waals surface area contributed by atoms with Gasteiger partial charge in [0.1, 0.15) is 6.17 Å². The number of nitrogens with two attached hydrogens (primary N) is 2. The molecule has 0 radical (unpaired) electrons. The Balaban J connectivity index is 1.22. The molecule has 0 saturated carbocycles. The van der Waals surface area contributed by atoms with E-state index in [9.17, 15) is 13.2 Å². The number of urea groups is 1. The lowest BCUT2D eigenvalue weighted by atomic mass is 10.1. The first-order chi connectivity index (χ1) is 18.8. The number of hydrogen-bond donors (Lipinski definition) is 6. The van der Waals surface area contributed by atoms with Crippen molar-refractivity contribution in [2.75, 3.05) is 31.1 Å². The minimum atomic E-state index is -3.35. The van der Waals surface area contributed by atoms with E-state index in [1.54, 1.807) is 29.2 Å². The SMILES string of the molecule is NC(N)=NCCCNCc1ccc(N2C=C3C=C(c4ccc(S(=O)(=O)C5CCNC5)cc4)NC3NC2=O)cc1. The lowest BCUT2D eigenvalue weighted by Gasteiger charge is -2.29. The van der Waals surface area contributed by atoms with E-state index in [1.165, 1.54) is 0 Å². The number of sulfone groups is 1. The molecule has 3 aliphatic rings. The molecule has 3 aliphatic heterocycles. The number of fused-ring (bicyclic) bond motifs is 1. The summed E-state index contributed by atoms with van der Waals surface area (Å²) in [6, 6.07) is 14.5. The van der Waals surface area contributed by atoms with E-state index in [-0.39, 0.29) is 23.4 Å². The molecule has 2 unspecified atom stereocenters. The quantitative estimate of drug-likeness (QED) is 0.145. The zero-order valence-corrected chi connectivity index (χ0v) is 22.4. The van der Waals surface area contributed by atoms with Gasteiger partial charge in [0.15, 0.2) is 15.8 Å². The highest BCUT2D eigenvalue weighted by atomic mass is 32.2. The summed E-state index contributed by atoms with van der Waals surface area (Å²) in [4.78, 5) is 18.7. The number of nitrogens with one attached hydrogen (secondary N) is 4. The van der Waals surface area contributed by atoms with Crippen LogP contribution in [0, 0.1) is 0 Å². The fourth-order valence-corrected chi connectivity index (χ4v) is 6.52. The molecule has 0 spiro atoms. The number of carbonyl (C=O) groups excluding carboxylic acids is 1. The number of rotatable bonds is 10. The van der Waals surface area contributed by atoms with Gasteiger partial charge in [-0.1, -0.05) is 24.3 Å².